The van der Waals surface area contributed by atoms with Crippen LogP contribution in [0.5, 0.6) is 0 Å². The molecule has 4 nitrogen and oxygen atoms in total. The maximum atomic E-state index is 11.3. The van der Waals surface area contributed by atoms with Crippen molar-refractivity contribution in [3.8, 4) is 6.07 Å². The van der Waals surface area contributed by atoms with E-state index < -0.39 is 5.60 Å². The van der Waals surface area contributed by atoms with E-state index >= 15 is 0 Å². The third-order valence-corrected chi connectivity index (χ3v) is 2.27. The Hall–Kier alpha value is -1.08. The first-order chi connectivity index (χ1) is 6.72. The first kappa shape index (κ1) is 11.0. The van der Waals surface area contributed by atoms with Crippen molar-refractivity contribution in [1.82, 2.24) is 0 Å². The van der Waals surface area contributed by atoms with Gasteiger partial charge in [0.15, 0.2) is 0 Å². The molecule has 1 heterocycles. The van der Waals surface area contributed by atoms with Gasteiger partial charge in [0.2, 0.25) is 5.60 Å². The molecule has 1 saturated heterocycles. The van der Waals surface area contributed by atoms with E-state index in [1.807, 2.05) is 6.92 Å². The molecule has 0 aromatic heterocycles. The Balaban J connectivity index is 2.52. The molecule has 0 atom stereocenters. The number of rotatable bonds is 3. The monoisotopic (exact) mass is 197 g/mol. The summed E-state index contributed by atoms with van der Waals surface area (Å²) in [4.78, 5) is 11.3. The van der Waals surface area contributed by atoms with Gasteiger partial charge in [-0.3, -0.25) is 4.79 Å². The van der Waals surface area contributed by atoms with Crippen molar-refractivity contribution in [2.24, 2.45) is 0 Å². The molecular weight excluding hydrogens is 182 g/mol. The van der Waals surface area contributed by atoms with Crippen molar-refractivity contribution in [2.75, 3.05) is 13.2 Å². The zero-order valence-electron chi connectivity index (χ0n) is 8.41. The molecule has 4 heteroatoms. The Bertz CT molecular complexity index is 238. The summed E-state index contributed by atoms with van der Waals surface area (Å²) in [5.74, 6) is -0.282. The third kappa shape index (κ3) is 2.71. The highest BCUT2D eigenvalue weighted by Gasteiger charge is 2.36. The molecule has 78 valence electrons. The van der Waals surface area contributed by atoms with Gasteiger partial charge in [-0.25, -0.2) is 0 Å². The van der Waals surface area contributed by atoms with Crippen LogP contribution in [0.3, 0.4) is 0 Å². The van der Waals surface area contributed by atoms with Gasteiger partial charge in [-0.15, -0.1) is 0 Å². The Morgan fingerprint density at radius 3 is 2.71 bits per heavy atom. The van der Waals surface area contributed by atoms with Crippen molar-refractivity contribution in [3.63, 3.8) is 0 Å². The van der Waals surface area contributed by atoms with E-state index in [1.165, 1.54) is 0 Å². The van der Waals surface area contributed by atoms with Gasteiger partial charge in [-0.1, -0.05) is 6.92 Å². The maximum absolute atomic E-state index is 11.3. The number of nitrogens with zero attached hydrogens (tertiary/aromatic N) is 1. The van der Waals surface area contributed by atoms with Crippen LogP contribution in [0.4, 0.5) is 0 Å². The molecule has 0 amide bonds. The van der Waals surface area contributed by atoms with Crippen LogP contribution in [-0.4, -0.2) is 24.8 Å². The molecule has 1 fully saturated rings. The van der Waals surface area contributed by atoms with Crippen LogP contribution < -0.4 is 0 Å². The average molecular weight is 197 g/mol. The molecule has 1 aliphatic rings. The van der Waals surface area contributed by atoms with Crippen LogP contribution in [0.25, 0.3) is 0 Å². The minimum absolute atomic E-state index is 0.282. The van der Waals surface area contributed by atoms with E-state index in [4.69, 9.17) is 14.7 Å². The van der Waals surface area contributed by atoms with Crippen molar-refractivity contribution in [3.05, 3.63) is 0 Å². The highest BCUT2D eigenvalue weighted by Crippen LogP contribution is 2.24. The molecule has 0 radical (unpaired) electrons. The van der Waals surface area contributed by atoms with Crippen molar-refractivity contribution in [2.45, 2.75) is 38.2 Å². The quantitative estimate of drug-likeness (QED) is 0.642. The summed E-state index contributed by atoms with van der Waals surface area (Å²) in [6.45, 7) is 2.89. The highest BCUT2D eigenvalue weighted by molar-refractivity contribution is 5.70. The Morgan fingerprint density at radius 1 is 1.57 bits per heavy atom. The number of hydrogen-bond donors (Lipinski definition) is 0. The van der Waals surface area contributed by atoms with Gasteiger partial charge in [-0.05, 0) is 6.42 Å². The van der Waals surface area contributed by atoms with Crippen LogP contribution >= 0.6 is 0 Å². The lowest BCUT2D eigenvalue weighted by Crippen LogP contribution is -2.39. The molecule has 0 aliphatic carbocycles. The molecule has 14 heavy (non-hydrogen) atoms. The standard InChI is InChI=1S/C10H15NO3/c1-2-3-9(12)14-10(8-11)4-6-13-7-5-10/h2-7H2,1H3. The summed E-state index contributed by atoms with van der Waals surface area (Å²) in [5.41, 5.74) is -0.926. The Labute approximate surface area is 83.8 Å². The molecule has 1 rings (SSSR count). The van der Waals surface area contributed by atoms with Gasteiger partial charge in [-0.2, -0.15) is 5.26 Å². The van der Waals surface area contributed by atoms with Gasteiger partial charge in [0.25, 0.3) is 0 Å². The lowest BCUT2D eigenvalue weighted by atomic mass is 9.96. The van der Waals surface area contributed by atoms with Crippen molar-refractivity contribution < 1.29 is 14.3 Å². The first-order valence-electron chi connectivity index (χ1n) is 4.93. The molecule has 0 spiro atoms. The number of carbonyl (C=O) groups excluding carboxylic acids is 1. The van der Waals surface area contributed by atoms with Gasteiger partial charge in [0, 0.05) is 19.3 Å². The normalized spacial score (nSPS) is 19.7. The van der Waals surface area contributed by atoms with Crippen LogP contribution in [0.2, 0.25) is 0 Å². The lowest BCUT2D eigenvalue weighted by Gasteiger charge is -2.30. The SMILES string of the molecule is CCCC(=O)OC1(C#N)CCOCC1. The summed E-state index contributed by atoms with van der Waals surface area (Å²) in [6, 6.07) is 2.08. The number of nitriles is 1. The number of carbonyl (C=O) groups is 1. The number of ether oxygens (including phenoxy) is 2. The first-order valence-corrected chi connectivity index (χ1v) is 4.93. The fourth-order valence-corrected chi connectivity index (χ4v) is 1.41. The van der Waals surface area contributed by atoms with E-state index in [1.54, 1.807) is 0 Å². The summed E-state index contributed by atoms with van der Waals surface area (Å²) < 4.78 is 10.3. The minimum Gasteiger partial charge on any atom is -0.443 e. The van der Waals surface area contributed by atoms with E-state index in [0.29, 0.717) is 32.5 Å². The average Bonchev–Trinajstić information content (AvgIpc) is 2.19. The zero-order valence-corrected chi connectivity index (χ0v) is 8.41. The number of esters is 1. The summed E-state index contributed by atoms with van der Waals surface area (Å²) in [6.07, 6.45) is 2.10. The van der Waals surface area contributed by atoms with Gasteiger partial charge in [0.05, 0.1) is 13.2 Å². The smallest absolute Gasteiger partial charge is 0.307 e. The summed E-state index contributed by atoms with van der Waals surface area (Å²) in [7, 11) is 0. The molecule has 0 N–H and O–H groups in total. The van der Waals surface area contributed by atoms with Gasteiger partial charge >= 0.3 is 5.97 Å². The number of hydrogen-bond acceptors (Lipinski definition) is 4. The van der Waals surface area contributed by atoms with Gasteiger partial charge in [0.1, 0.15) is 6.07 Å². The van der Waals surface area contributed by atoms with Crippen LogP contribution in [0, 0.1) is 11.3 Å². The van der Waals surface area contributed by atoms with Crippen molar-refractivity contribution >= 4 is 5.97 Å². The van der Waals surface area contributed by atoms with E-state index in [9.17, 15) is 4.79 Å². The van der Waals surface area contributed by atoms with E-state index in [-0.39, 0.29) is 5.97 Å². The van der Waals surface area contributed by atoms with Crippen LogP contribution in [-0.2, 0) is 14.3 Å². The fraction of sp³-hybridized carbons (Fsp3) is 0.800. The van der Waals surface area contributed by atoms with Crippen molar-refractivity contribution in [1.29, 1.82) is 5.26 Å². The van der Waals surface area contributed by atoms with E-state index in [2.05, 4.69) is 6.07 Å². The van der Waals surface area contributed by atoms with E-state index in [0.717, 1.165) is 6.42 Å². The lowest BCUT2D eigenvalue weighted by molar-refractivity contribution is -0.161. The molecule has 0 unspecified atom stereocenters. The predicted octanol–water partition coefficient (Wildman–Crippen LogP) is 1.40. The molecule has 0 aromatic carbocycles. The predicted molar refractivity (Wildman–Crippen MR) is 49.4 cm³/mol. The second-order valence-electron chi connectivity index (χ2n) is 3.44. The molecule has 0 bridgehead atoms. The zero-order chi connectivity index (χ0) is 10.4. The maximum Gasteiger partial charge on any atom is 0.307 e. The molecular formula is C10H15NO3. The molecule has 0 saturated carbocycles. The third-order valence-electron chi connectivity index (χ3n) is 2.27. The molecule has 0 aromatic rings. The topological polar surface area (TPSA) is 59.3 Å². The second-order valence-corrected chi connectivity index (χ2v) is 3.44. The largest absolute Gasteiger partial charge is 0.443 e. The summed E-state index contributed by atoms with van der Waals surface area (Å²) in [5, 5.41) is 8.98. The highest BCUT2D eigenvalue weighted by atomic mass is 16.6. The Kier molecular flexibility index (Phi) is 3.90. The summed E-state index contributed by atoms with van der Waals surface area (Å²) >= 11 is 0. The second kappa shape index (κ2) is 4.97. The fourth-order valence-electron chi connectivity index (χ4n) is 1.41. The molecule has 1 aliphatic heterocycles. The Morgan fingerprint density at radius 2 is 2.21 bits per heavy atom. The minimum atomic E-state index is -0.926. The van der Waals surface area contributed by atoms with Gasteiger partial charge < -0.3 is 9.47 Å². The van der Waals surface area contributed by atoms with Crippen LogP contribution in [0.1, 0.15) is 32.6 Å². The van der Waals surface area contributed by atoms with Crippen LogP contribution in [0.15, 0.2) is 0 Å².